The fourth-order valence-corrected chi connectivity index (χ4v) is 8.24. The van der Waals surface area contributed by atoms with Crippen LogP contribution in [0.25, 0.3) is 0 Å². The molecule has 4 amide bonds. The first-order valence-corrected chi connectivity index (χ1v) is 20.0. The molecule has 3 aromatic rings. The number of imide groups is 1. The number of carbonyl (C=O) groups excluding carboxylic acids is 4. The van der Waals surface area contributed by atoms with Crippen molar-refractivity contribution in [2.45, 2.75) is 90.0 Å². The first kappa shape index (κ1) is 43.5. The average Bonchev–Trinajstić information content (AvgIpc) is 3.39. The molecule has 18 heteroatoms. The van der Waals surface area contributed by atoms with Crippen LogP contribution in [0.5, 0.6) is 5.75 Å². The van der Waals surface area contributed by atoms with Gasteiger partial charge in [0.25, 0.3) is 5.91 Å². The Kier molecular flexibility index (Phi) is 12.8. The Balaban J connectivity index is 1.02. The van der Waals surface area contributed by atoms with Crippen molar-refractivity contribution in [3.8, 4) is 17.9 Å². The summed E-state index contributed by atoms with van der Waals surface area (Å²) in [7, 11) is 0. The van der Waals surface area contributed by atoms with E-state index >= 15 is 0 Å². The predicted octanol–water partition coefficient (Wildman–Crippen LogP) is 6.05. The second-order valence-corrected chi connectivity index (χ2v) is 15.9. The lowest BCUT2D eigenvalue weighted by Crippen LogP contribution is -2.47. The van der Waals surface area contributed by atoms with Gasteiger partial charge in [-0.05, 0) is 132 Å². The van der Waals surface area contributed by atoms with Gasteiger partial charge in [-0.25, -0.2) is 4.98 Å². The quantitative estimate of drug-likeness (QED) is 0.142. The van der Waals surface area contributed by atoms with Gasteiger partial charge in [0.1, 0.15) is 23.4 Å². The number of thiocarbonyl (C=S) groups is 1. The second kappa shape index (κ2) is 17.6. The summed E-state index contributed by atoms with van der Waals surface area (Å²) in [5.41, 5.74) is -0.895. The molecule has 1 unspecified atom stereocenters. The molecule has 0 bridgehead atoms. The molecule has 314 valence electrons. The van der Waals surface area contributed by atoms with E-state index in [0.717, 1.165) is 35.9 Å². The molecule has 2 atom stereocenters. The van der Waals surface area contributed by atoms with Gasteiger partial charge in [0.15, 0.2) is 10.8 Å². The number of carbonyl (C=O) groups is 4. The van der Waals surface area contributed by atoms with E-state index in [2.05, 4.69) is 31.9 Å². The van der Waals surface area contributed by atoms with Crippen LogP contribution in [0.2, 0.25) is 0 Å². The molecular weight excluding hydrogens is 800 g/mol. The zero-order valence-corrected chi connectivity index (χ0v) is 34.3. The number of ether oxygens (including phenoxy) is 1. The highest BCUT2D eigenvalue weighted by Gasteiger charge is 2.51. The number of nitrogens with zero attached hydrogens (tertiary/aromatic N) is 6. The van der Waals surface area contributed by atoms with Crippen LogP contribution in [0, 0.1) is 28.6 Å². The number of likely N-dealkylation sites (tertiary alicyclic amines) is 1. The SMILES string of the molecule is CCc1cc(N2C(=S)N(c3cnc(C#N)c(C(F)(F)F)c3)C(=O)C2(C)C)ccc1OCCC1CCN([C@@H](C)C(=O)Nc2cc(C#N)cc(NC3CCC(=O)NC3=O)c2)CC1. The molecule has 4 heterocycles. The first-order chi connectivity index (χ1) is 28.4. The minimum absolute atomic E-state index is 0.0276. The number of nitrogens with one attached hydrogen (secondary N) is 3. The summed E-state index contributed by atoms with van der Waals surface area (Å²) >= 11 is 5.69. The summed E-state index contributed by atoms with van der Waals surface area (Å²) in [6.07, 6.45) is -0.221. The third-order valence-corrected chi connectivity index (χ3v) is 11.5. The number of anilines is 4. The Morgan fingerprint density at radius 2 is 1.77 bits per heavy atom. The van der Waals surface area contributed by atoms with Crippen molar-refractivity contribution in [1.82, 2.24) is 15.2 Å². The third kappa shape index (κ3) is 9.20. The summed E-state index contributed by atoms with van der Waals surface area (Å²) in [6, 6.07) is 13.4. The van der Waals surface area contributed by atoms with E-state index in [4.69, 9.17) is 17.0 Å². The minimum atomic E-state index is -4.86. The van der Waals surface area contributed by atoms with Crippen molar-refractivity contribution < 1.29 is 37.1 Å². The van der Waals surface area contributed by atoms with Crippen LogP contribution in [0.1, 0.15) is 82.2 Å². The molecule has 3 aliphatic heterocycles. The standard InChI is InChI=1S/C42H44F3N9O5S/c1-5-27-18-30(54-40(60)53(39(58)41(54,3)4)31-20-32(42(43,44)45)34(22-47)48-23-31)6-8-35(27)59-15-12-25-10-13-52(14-11-25)24(2)37(56)50-29-17-26(21-46)16-28(19-29)49-33-7-9-36(55)51-38(33)57/h6,8,16-20,23-25,33,49H,5,7,9-15H2,1-4H3,(H,50,56)(H,51,55,57)/t24-,33?/m0/s1. The van der Waals surface area contributed by atoms with Gasteiger partial charge in [-0.2, -0.15) is 23.7 Å². The summed E-state index contributed by atoms with van der Waals surface area (Å²) in [6.45, 7) is 8.91. The van der Waals surface area contributed by atoms with Gasteiger partial charge in [-0.1, -0.05) is 6.92 Å². The number of aromatic nitrogens is 1. The van der Waals surface area contributed by atoms with Gasteiger partial charge in [-0.15, -0.1) is 0 Å². The molecule has 60 heavy (non-hydrogen) atoms. The molecule has 2 aromatic carbocycles. The summed E-state index contributed by atoms with van der Waals surface area (Å²) in [5, 5.41) is 27.0. The van der Waals surface area contributed by atoms with E-state index in [9.17, 15) is 42.9 Å². The molecule has 3 fully saturated rings. The number of hydrogen-bond donors (Lipinski definition) is 3. The number of benzene rings is 2. The number of aryl methyl sites for hydroxylation is 1. The maximum absolute atomic E-state index is 13.7. The van der Waals surface area contributed by atoms with Gasteiger partial charge in [0, 0.05) is 23.5 Å². The average molecular weight is 844 g/mol. The Morgan fingerprint density at radius 3 is 2.42 bits per heavy atom. The van der Waals surface area contributed by atoms with E-state index in [1.807, 2.05) is 19.9 Å². The fourth-order valence-electron chi connectivity index (χ4n) is 7.72. The van der Waals surface area contributed by atoms with Crippen LogP contribution in [-0.2, 0) is 31.8 Å². The number of piperidine rings is 2. The maximum Gasteiger partial charge on any atom is 0.419 e. The monoisotopic (exact) mass is 843 g/mol. The van der Waals surface area contributed by atoms with Crippen molar-refractivity contribution in [3.05, 3.63) is 71.0 Å². The molecule has 6 rings (SSSR count). The predicted molar refractivity (Wildman–Crippen MR) is 220 cm³/mol. The minimum Gasteiger partial charge on any atom is -0.493 e. The zero-order valence-electron chi connectivity index (χ0n) is 33.5. The summed E-state index contributed by atoms with van der Waals surface area (Å²) in [4.78, 5) is 59.2. The highest BCUT2D eigenvalue weighted by Crippen LogP contribution is 2.40. The molecule has 3 aliphatic rings. The molecule has 3 saturated heterocycles. The third-order valence-electron chi connectivity index (χ3n) is 11.2. The molecule has 0 radical (unpaired) electrons. The van der Waals surface area contributed by atoms with Crippen LogP contribution in [0.3, 0.4) is 0 Å². The molecule has 0 aliphatic carbocycles. The van der Waals surface area contributed by atoms with Gasteiger partial charge in [0.05, 0.1) is 41.7 Å². The lowest BCUT2D eigenvalue weighted by Gasteiger charge is -2.35. The van der Waals surface area contributed by atoms with E-state index in [-0.39, 0.29) is 29.0 Å². The van der Waals surface area contributed by atoms with E-state index in [1.165, 1.54) is 6.07 Å². The van der Waals surface area contributed by atoms with Crippen LogP contribution in [-0.4, -0.2) is 75.9 Å². The number of pyridine rings is 1. The number of rotatable bonds is 12. The topological polar surface area (TPSA) is 184 Å². The molecule has 1 aromatic heterocycles. The molecule has 0 spiro atoms. The Labute approximate surface area is 350 Å². The van der Waals surface area contributed by atoms with E-state index < -0.39 is 46.9 Å². The number of alkyl halides is 3. The maximum atomic E-state index is 13.7. The molecule has 0 saturated carbocycles. The zero-order chi connectivity index (χ0) is 43.5. The van der Waals surface area contributed by atoms with Crippen molar-refractivity contribution in [1.29, 1.82) is 10.5 Å². The fraction of sp³-hybridized carbons (Fsp3) is 0.429. The smallest absolute Gasteiger partial charge is 0.419 e. The molecule has 3 N–H and O–H groups in total. The van der Waals surface area contributed by atoms with Crippen molar-refractivity contribution in [2.75, 3.05) is 40.1 Å². The highest BCUT2D eigenvalue weighted by atomic mass is 32.1. The van der Waals surface area contributed by atoms with Gasteiger partial charge in [0.2, 0.25) is 17.7 Å². The van der Waals surface area contributed by atoms with E-state index in [0.29, 0.717) is 72.9 Å². The summed E-state index contributed by atoms with van der Waals surface area (Å²) in [5.74, 6) is -0.524. The van der Waals surface area contributed by atoms with Crippen LogP contribution in [0.15, 0.2) is 48.7 Å². The number of halogens is 3. The molecule has 14 nitrogen and oxygen atoms in total. The van der Waals surface area contributed by atoms with E-state index in [1.54, 1.807) is 49.1 Å². The van der Waals surface area contributed by atoms with Crippen LogP contribution >= 0.6 is 12.2 Å². The van der Waals surface area contributed by atoms with Gasteiger partial charge < -0.3 is 20.3 Å². The van der Waals surface area contributed by atoms with Gasteiger partial charge in [-0.3, -0.25) is 34.3 Å². The summed E-state index contributed by atoms with van der Waals surface area (Å²) < 4.78 is 47.5. The Morgan fingerprint density at radius 1 is 1.05 bits per heavy atom. The lowest BCUT2D eigenvalue weighted by molar-refractivity contribution is -0.138. The van der Waals surface area contributed by atoms with Crippen molar-refractivity contribution in [3.63, 3.8) is 0 Å². The van der Waals surface area contributed by atoms with Gasteiger partial charge >= 0.3 is 6.18 Å². The number of nitriles is 2. The largest absolute Gasteiger partial charge is 0.493 e. The first-order valence-electron chi connectivity index (χ1n) is 19.6. The lowest BCUT2D eigenvalue weighted by atomic mass is 9.93. The van der Waals surface area contributed by atoms with Crippen LogP contribution in [0.4, 0.5) is 35.9 Å². The number of hydrogen-bond acceptors (Lipinski definition) is 11. The van der Waals surface area contributed by atoms with Crippen molar-refractivity contribution in [2.24, 2.45) is 5.92 Å². The Bertz CT molecular complexity index is 2300. The number of amides is 4. The highest BCUT2D eigenvalue weighted by molar-refractivity contribution is 7.81. The Hall–Kier alpha value is -6.11. The van der Waals surface area contributed by atoms with Crippen molar-refractivity contribution >= 4 is 63.7 Å². The normalized spacial score (nSPS) is 19.1. The molecular formula is C42H44F3N9O5S. The second-order valence-electron chi connectivity index (χ2n) is 15.5. The van der Waals surface area contributed by atoms with Crippen LogP contribution < -0.4 is 30.5 Å².